The monoisotopic (exact) mass is 338 g/mol. The Balaban J connectivity index is 1.54. The molecule has 0 aliphatic carbocycles. The zero-order valence-corrected chi connectivity index (χ0v) is 14.3. The Bertz CT molecular complexity index is 869. The Morgan fingerprint density at radius 1 is 1.40 bits per heavy atom. The number of piperidine rings is 1. The number of H-pyrrole nitrogens is 2. The first kappa shape index (κ1) is 15.7. The van der Waals surface area contributed by atoms with Crippen molar-refractivity contribution in [3.63, 3.8) is 0 Å². The van der Waals surface area contributed by atoms with Crippen LogP contribution in [0.5, 0.6) is 5.75 Å². The molecule has 0 spiro atoms. The van der Waals surface area contributed by atoms with E-state index in [1.807, 2.05) is 35.4 Å². The van der Waals surface area contributed by atoms with E-state index in [0.29, 0.717) is 5.92 Å². The molecule has 25 heavy (non-hydrogen) atoms. The third-order valence-electron chi connectivity index (χ3n) is 4.99. The van der Waals surface area contributed by atoms with E-state index < -0.39 is 0 Å². The standard InChI is InChI=1S/C19H22N4O2/c1-25-15-4-5-18-16(10-15)17(11-20-18)19(24)23-8-2-3-13(12-23)9-14-6-7-21-22-14/h4-7,10-11,13,20H,2-3,8-9,12H2,1H3,(H,21,22)/t13-/m1/s1. The molecule has 1 aliphatic heterocycles. The zero-order chi connectivity index (χ0) is 17.2. The first-order valence-electron chi connectivity index (χ1n) is 8.67. The first-order valence-corrected chi connectivity index (χ1v) is 8.67. The lowest BCUT2D eigenvalue weighted by atomic mass is 9.93. The van der Waals surface area contributed by atoms with E-state index in [1.165, 1.54) is 0 Å². The van der Waals surface area contributed by atoms with Crippen LogP contribution in [0.2, 0.25) is 0 Å². The molecule has 3 heterocycles. The Hall–Kier alpha value is -2.76. The van der Waals surface area contributed by atoms with Crippen molar-refractivity contribution in [3.8, 4) is 5.75 Å². The van der Waals surface area contributed by atoms with E-state index >= 15 is 0 Å². The van der Waals surface area contributed by atoms with Crippen LogP contribution >= 0.6 is 0 Å². The molecule has 0 radical (unpaired) electrons. The van der Waals surface area contributed by atoms with Gasteiger partial charge < -0.3 is 14.6 Å². The van der Waals surface area contributed by atoms with Gasteiger partial charge in [-0.05, 0) is 49.4 Å². The second-order valence-electron chi connectivity index (χ2n) is 6.66. The Morgan fingerprint density at radius 2 is 2.32 bits per heavy atom. The van der Waals surface area contributed by atoms with E-state index in [4.69, 9.17) is 4.74 Å². The maximum absolute atomic E-state index is 13.1. The molecule has 1 aromatic carbocycles. The van der Waals surface area contributed by atoms with Crippen LogP contribution in [0.4, 0.5) is 0 Å². The lowest BCUT2D eigenvalue weighted by molar-refractivity contribution is 0.0675. The smallest absolute Gasteiger partial charge is 0.256 e. The van der Waals surface area contributed by atoms with Crippen LogP contribution in [0.3, 0.4) is 0 Å². The van der Waals surface area contributed by atoms with E-state index in [-0.39, 0.29) is 5.91 Å². The Morgan fingerprint density at radius 3 is 3.12 bits per heavy atom. The van der Waals surface area contributed by atoms with Gasteiger partial charge in [-0.25, -0.2) is 0 Å². The summed E-state index contributed by atoms with van der Waals surface area (Å²) in [6.07, 6.45) is 6.71. The first-order chi connectivity index (χ1) is 12.2. The van der Waals surface area contributed by atoms with Crippen molar-refractivity contribution in [1.29, 1.82) is 0 Å². The molecule has 1 aliphatic rings. The number of nitrogens with zero attached hydrogens (tertiary/aromatic N) is 2. The normalized spacial score (nSPS) is 17.8. The fourth-order valence-electron chi connectivity index (χ4n) is 3.70. The molecule has 1 fully saturated rings. The van der Waals surface area contributed by atoms with Gasteiger partial charge in [-0.3, -0.25) is 9.89 Å². The molecule has 1 atom stereocenters. The summed E-state index contributed by atoms with van der Waals surface area (Å²) in [4.78, 5) is 18.2. The topological polar surface area (TPSA) is 74.0 Å². The van der Waals surface area contributed by atoms with Crippen molar-refractivity contribution in [2.24, 2.45) is 5.92 Å². The molecule has 130 valence electrons. The van der Waals surface area contributed by atoms with Crippen LogP contribution in [0, 0.1) is 5.92 Å². The molecular weight excluding hydrogens is 316 g/mol. The minimum Gasteiger partial charge on any atom is -0.497 e. The summed E-state index contributed by atoms with van der Waals surface area (Å²) in [6.45, 7) is 1.60. The van der Waals surface area contributed by atoms with Crippen LogP contribution in [-0.4, -0.2) is 46.2 Å². The summed E-state index contributed by atoms with van der Waals surface area (Å²) in [5.41, 5.74) is 2.81. The van der Waals surface area contributed by atoms with Crippen LogP contribution in [-0.2, 0) is 6.42 Å². The quantitative estimate of drug-likeness (QED) is 0.768. The van der Waals surface area contributed by atoms with E-state index in [2.05, 4.69) is 15.2 Å². The molecule has 0 bridgehead atoms. The highest BCUT2D eigenvalue weighted by Crippen LogP contribution is 2.27. The van der Waals surface area contributed by atoms with Crippen LogP contribution in [0.25, 0.3) is 10.9 Å². The molecule has 1 saturated heterocycles. The molecule has 0 unspecified atom stereocenters. The number of fused-ring (bicyclic) bond motifs is 1. The zero-order valence-electron chi connectivity index (χ0n) is 14.3. The van der Waals surface area contributed by atoms with E-state index in [1.54, 1.807) is 13.3 Å². The van der Waals surface area contributed by atoms with Gasteiger partial charge in [0.2, 0.25) is 0 Å². The summed E-state index contributed by atoms with van der Waals surface area (Å²) in [7, 11) is 1.64. The molecule has 2 N–H and O–H groups in total. The summed E-state index contributed by atoms with van der Waals surface area (Å²) in [6, 6.07) is 7.77. The van der Waals surface area contributed by atoms with Crippen LogP contribution in [0.15, 0.2) is 36.7 Å². The minimum absolute atomic E-state index is 0.0915. The second-order valence-corrected chi connectivity index (χ2v) is 6.66. The molecule has 6 heteroatoms. The average Bonchev–Trinajstić information content (AvgIpc) is 3.30. The van der Waals surface area contributed by atoms with Gasteiger partial charge in [0.05, 0.1) is 12.7 Å². The van der Waals surface area contributed by atoms with Gasteiger partial charge in [0.25, 0.3) is 5.91 Å². The number of hydrogen-bond acceptors (Lipinski definition) is 3. The Labute approximate surface area is 146 Å². The number of nitrogens with one attached hydrogen (secondary N) is 2. The molecule has 6 nitrogen and oxygen atoms in total. The minimum atomic E-state index is 0.0915. The highest BCUT2D eigenvalue weighted by molar-refractivity contribution is 6.07. The number of aromatic nitrogens is 3. The third kappa shape index (κ3) is 3.12. The van der Waals surface area contributed by atoms with Gasteiger partial charge in [0.1, 0.15) is 5.75 Å². The number of carbonyl (C=O) groups excluding carboxylic acids is 1. The Kier molecular flexibility index (Phi) is 4.17. The number of likely N-dealkylation sites (tertiary alicyclic amines) is 1. The molecule has 0 saturated carbocycles. The molecule has 1 amide bonds. The molecule has 2 aromatic heterocycles. The van der Waals surface area contributed by atoms with Crippen molar-refractivity contribution >= 4 is 16.8 Å². The van der Waals surface area contributed by atoms with Gasteiger partial charge in [-0.15, -0.1) is 0 Å². The lowest BCUT2D eigenvalue weighted by Crippen LogP contribution is -2.40. The van der Waals surface area contributed by atoms with Crippen molar-refractivity contribution in [2.75, 3.05) is 20.2 Å². The summed E-state index contributed by atoms with van der Waals surface area (Å²) in [5.74, 6) is 1.32. The third-order valence-corrected chi connectivity index (χ3v) is 4.99. The SMILES string of the molecule is COc1ccc2[nH]cc(C(=O)N3CCC[C@H](Cc4ccn[nH]4)C3)c2c1. The highest BCUT2D eigenvalue weighted by Gasteiger charge is 2.26. The molecular formula is C19H22N4O2. The van der Waals surface area contributed by atoms with Crippen molar-refractivity contribution in [2.45, 2.75) is 19.3 Å². The van der Waals surface area contributed by atoms with Crippen LogP contribution in [0.1, 0.15) is 28.9 Å². The fourth-order valence-corrected chi connectivity index (χ4v) is 3.70. The largest absolute Gasteiger partial charge is 0.497 e. The number of aromatic amines is 2. The number of carbonyl (C=O) groups is 1. The summed E-state index contributed by atoms with van der Waals surface area (Å²) in [5, 5.41) is 7.95. The lowest BCUT2D eigenvalue weighted by Gasteiger charge is -2.32. The number of benzene rings is 1. The second kappa shape index (κ2) is 6.63. The number of rotatable bonds is 4. The number of methoxy groups -OCH3 is 1. The number of amides is 1. The fraction of sp³-hybridized carbons (Fsp3) is 0.368. The summed E-state index contributed by atoms with van der Waals surface area (Å²) >= 11 is 0. The predicted octanol–water partition coefficient (Wildman–Crippen LogP) is 2.99. The number of ether oxygens (including phenoxy) is 1. The van der Waals surface area contributed by atoms with Gasteiger partial charge in [-0.1, -0.05) is 0 Å². The van der Waals surface area contributed by atoms with Gasteiger partial charge in [-0.2, -0.15) is 5.10 Å². The van der Waals surface area contributed by atoms with Gasteiger partial charge >= 0.3 is 0 Å². The highest BCUT2D eigenvalue weighted by atomic mass is 16.5. The van der Waals surface area contributed by atoms with Crippen molar-refractivity contribution in [1.82, 2.24) is 20.1 Å². The molecule has 3 aromatic rings. The summed E-state index contributed by atoms with van der Waals surface area (Å²) < 4.78 is 5.30. The van der Waals surface area contributed by atoms with Gasteiger partial charge in [0, 0.05) is 42.1 Å². The van der Waals surface area contributed by atoms with Crippen molar-refractivity contribution in [3.05, 3.63) is 47.9 Å². The molecule has 4 rings (SSSR count). The number of hydrogen-bond donors (Lipinski definition) is 2. The maximum atomic E-state index is 13.1. The van der Waals surface area contributed by atoms with Gasteiger partial charge in [0.15, 0.2) is 0 Å². The van der Waals surface area contributed by atoms with Crippen molar-refractivity contribution < 1.29 is 9.53 Å². The average molecular weight is 338 g/mol. The van der Waals surface area contributed by atoms with E-state index in [0.717, 1.165) is 60.3 Å². The van der Waals surface area contributed by atoms with Crippen LogP contribution < -0.4 is 4.74 Å². The van der Waals surface area contributed by atoms with E-state index in [9.17, 15) is 4.79 Å². The predicted molar refractivity (Wildman–Crippen MR) is 95.8 cm³/mol. The maximum Gasteiger partial charge on any atom is 0.256 e.